The van der Waals surface area contributed by atoms with E-state index in [4.69, 9.17) is 0 Å². The second-order valence-corrected chi connectivity index (χ2v) is 4.09. The van der Waals surface area contributed by atoms with Gasteiger partial charge in [0, 0.05) is 13.0 Å². The van der Waals surface area contributed by atoms with Crippen LogP contribution in [0.5, 0.6) is 5.75 Å². The molecule has 0 aromatic heterocycles. The van der Waals surface area contributed by atoms with Crippen LogP contribution >= 0.6 is 0 Å². The van der Waals surface area contributed by atoms with Gasteiger partial charge in [-0.1, -0.05) is 12.1 Å². The summed E-state index contributed by atoms with van der Waals surface area (Å²) >= 11 is 0. The van der Waals surface area contributed by atoms with Crippen LogP contribution in [0.4, 0.5) is 0 Å². The van der Waals surface area contributed by atoms with E-state index in [2.05, 4.69) is 4.90 Å². The lowest BCUT2D eigenvalue weighted by atomic mass is 10.0. The van der Waals surface area contributed by atoms with Gasteiger partial charge in [-0.3, -0.25) is 9.69 Å². The number of carbonyl (C=O) groups is 1. The second kappa shape index (κ2) is 4.03. The van der Waals surface area contributed by atoms with Crippen molar-refractivity contribution in [3.63, 3.8) is 0 Å². The van der Waals surface area contributed by atoms with Gasteiger partial charge in [0.1, 0.15) is 5.75 Å². The van der Waals surface area contributed by atoms with Gasteiger partial charge in [0.2, 0.25) is 0 Å². The van der Waals surface area contributed by atoms with Crippen LogP contribution in [0.1, 0.15) is 12.0 Å². The molecule has 80 valence electrons. The number of Topliss-reactive ketones (excluding diaryl/α,β-unsaturated/α-hetero) is 1. The van der Waals surface area contributed by atoms with Crippen molar-refractivity contribution in [3.8, 4) is 5.75 Å². The Morgan fingerprint density at radius 1 is 1.53 bits per heavy atom. The molecule has 0 amide bonds. The molecule has 1 aromatic carbocycles. The van der Waals surface area contributed by atoms with E-state index in [0.717, 1.165) is 12.1 Å². The molecule has 1 atom stereocenters. The van der Waals surface area contributed by atoms with E-state index < -0.39 is 0 Å². The number of phenols is 1. The zero-order valence-electron chi connectivity index (χ0n) is 8.81. The topological polar surface area (TPSA) is 40.5 Å². The fraction of sp³-hybridized carbons (Fsp3) is 0.417. The van der Waals surface area contributed by atoms with E-state index >= 15 is 0 Å². The molecule has 0 aliphatic carbocycles. The average Bonchev–Trinajstić information content (AvgIpc) is 2.50. The van der Waals surface area contributed by atoms with Crippen LogP contribution in [0.15, 0.2) is 24.3 Å². The molecule has 1 aliphatic heterocycles. The summed E-state index contributed by atoms with van der Waals surface area (Å²) in [6.07, 6.45) is 1.35. The van der Waals surface area contributed by atoms with Crippen molar-refractivity contribution in [2.75, 3.05) is 13.6 Å². The van der Waals surface area contributed by atoms with Crippen LogP contribution in [-0.2, 0) is 11.2 Å². The smallest absolute Gasteiger partial charge is 0.151 e. The van der Waals surface area contributed by atoms with Gasteiger partial charge < -0.3 is 5.11 Å². The van der Waals surface area contributed by atoms with Crippen LogP contribution in [0.25, 0.3) is 0 Å². The van der Waals surface area contributed by atoms with E-state index in [9.17, 15) is 9.90 Å². The summed E-state index contributed by atoms with van der Waals surface area (Å²) in [5, 5.41) is 9.32. The minimum absolute atomic E-state index is 0.00759. The Morgan fingerprint density at radius 2 is 2.33 bits per heavy atom. The molecular formula is C12H15NO2. The Kier molecular flexibility index (Phi) is 2.73. The molecular weight excluding hydrogens is 190 g/mol. The van der Waals surface area contributed by atoms with Crippen LogP contribution in [0, 0.1) is 0 Å². The number of rotatable bonds is 2. The Hall–Kier alpha value is -1.35. The number of ketones is 1. The molecule has 0 spiro atoms. The number of likely N-dealkylation sites (tertiary alicyclic amines) is 1. The molecule has 3 nitrogen and oxygen atoms in total. The third kappa shape index (κ3) is 2.18. The van der Waals surface area contributed by atoms with Gasteiger partial charge >= 0.3 is 0 Å². The average molecular weight is 205 g/mol. The SMILES string of the molecule is CN1CCC(=O)C1Cc1cccc(O)c1. The standard InChI is InChI=1S/C12H15NO2/c1-13-6-5-12(15)11(13)8-9-3-2-4-10(14)7-9/h2-4,7,11,14H,5-6,8H2,1H3. The summed E-state index contributed by atoms with van der Waals surface area (Å²) in [4.78, 5) is 13.6. The molecule has 1 fully saturated rings. The number of nitrogens with zero attached hydrogens (tertiary/aromatic N) is 1. The van der Waals surface area contributed by atoms with Crippen LogP contribution in [0.3, 0.4) is 0 Å². The van der Waals surface area contributed by atoms with E-state index in [-0.39, 0.29) is 11.8 Å². The first kappa shape index (κ1) is 10.2. The predicted octanol–water partition coefficient (Wildman–Crippen LogP) is 1.21. The first-order valence-electron chi connectivity index (χ1n) is 5.17. The third-order valence-electron chi connectivity index (χ3n) is 2.95. The Balaban J connectivity index is 2.11. The normalized spacial score (nSPS) is 22.2. The second-order valence-electron chi connectivity index (χ2n) is 4.09. The Morgan fingerprint density at radius 3 is 2.93 bits per heavy atom. The maximum atomic E-state index is 11.6. The zero-order chi connectivity index (χ0) is 10.8. The minimum atomic E-state index is -0.00759. The van der Waals surface area contributed by atoms with Gasteiger partial charge in [0.15, 0.2) is 5.78 Å². The number of benzene rings is 1. The van der Waals surface area contributed by atoms with Crippen molar-refractivity contribution in [2.45, 2.75) is 18.9 Å². The van der Waals surface area contributed by atoms with Crippen LogP contribution < -0.4 is 0 Å². The summed E-state index contributed by atoms with van der Waals surface area (Å²) in [5.41, 5.74) is 1.02. The molecule has 1 unspecified atom stereocenters. The molecule has 0 saturated carbocycles. The molecule has 0 bridgehead atoms. The van der Waals surface area contributed by atoms with E-state index in [1.807, 2.05) is 19.2 Å². The van der Waals surface area contributed by atoms with Crippen LogP contribution in [0.2, 0.25) is 0 Å². The highest BCUT2D eigenvalue weighted by molar-refractivity contribution is 5.86. The maximum absolute atomic E-state index is 11.6. The van der Waals surface area contributed by atoms with Gasteiger partial charge in [-0.2, -0.15) is 0 Å². The highest BCUT2D eigenvalue weighted by Crippen LogP contribution is 2.18. The quantitative estimate of drug-likeness (QED) is 0.789. The summed E-state index contributed by atoms with van der Waals surface area (Å²) in [7, 11) is 1.97. The van der Waals surface area contributed by atoms with E-state index in [1.165, 1.54) is 0 Å². The number of hydrogen-bond donors (Lipinski definition) is 1. The van der Waals surface area contributed by atoms with Crippen molar-refractivity contribution in [1.29, 1.82) is 0 Å². The number of likely N-dealkylation sites (N-methyl/N-ethyl adjacent to an activating group) is 1. The summed E-state index contributed by atoms with van der Waals surface area (Å²) in [6.45, 7) is 0.850. The lowest BCUT2D eigenvalue weighted by Crippen LogP contribution is -2.31. The molecule has 0 radical (unpaired) electrons. The third-order valence-corrected chi connectivity index (χ3v) is 2.95. The first-order valence-corrected chi connectivity index (χ1v) is 5.17. The molecule has 1 N–H and O–H groups in total. The highest BCUT2D eigenvalue weighted by atomic mass is 16.3. The molecule has 1 aliphatic rings. The molecule has 1 heterocycles. The van der Waals surface area contributed by atoms with Crippen LogP contribution in [-0.4, -0.2) is 35.4 Å². The molecule has 3 heteroatoms. The summed E-state index contributed by atoms with van der Waals surface area (Å²) in [6, 6.07) is 7.11. The monoisotopic (exact) mass is 205 g/mol. The van der Waals surface area contributed by atoms with Gasteiger partial charge in [-0.25, -0.2) is 0 Å². The van der Waals surface area contributed by atoms with E-state index in [1.54, 1.807) is 12.1 Å². The maximum Gasteiger partial charge on any atom is 0.151 e. The van der Waals surface area contributed by atoms with Gasteiger partial charge in [-0.05, 0) is 31.2 Å². The lowest BCUT2D eigenvalue weighted by Gasteiger charge is -2.17. The Labute approximate surface area is 89.3 Å². The fourth-order valence-electron chi connectivity index (χ4n) is 2.03. The molecule has 1 saturated heterocycles. The largest absolute Gasteiger partial charge is 0.508 e. The van der Waals surface area contributed by atoms with Crippen molar-refractivity contribution in [1.82, 2.24) is 4.90 Å². The fourth-order valence-corrected chi connectivity index (χ4v) is 2.03. The van der Waals surface area contributed by atoms with Gasteiger partial charge in [0.05, 0.1) is 6.04 Å². The first-order chi connectivity index (χ1) is 7.16. The Bertz CT molecular complexity index is 376. The van der Waals surface area contributed by atoms with Gasteiger partial charge in [-0.15, -0.1) is 0 Å². The van der Waals surface area contributed by atoms with Gasteiger partial charge in [0.25, 0.3) is 0 Å². The van der Waals surface area contributed by atoms with Crippen molar-refractivity contribution in [2.24, 2.45) is 0 Å². The van der Waals surface area contributed by atoms with Crippen molar-refractivity contribution in [3.05, 3.63) is 29.8 Å². The lowest BCUT2D eigenvalue weighted by molar-refractivity contribution is -0.119. The number of aromatic hydroxyl groups is 1. The summed E-state index contributed by atoms with van der Waals surface area (Å²) < 4.78 is 0. The molecule has 1 aromatic rings. The minimum Gasteiger partial charge on any atom is -0.508 e. The number of carbonyl (C=O) groups excluding carboxylic acids is 1. The zero-order valence-corrected chi connectivity index (χ0v) is 8.81. The highest BCUT2D eigenvalue weighted by Gasteiger charge is 2.29. The molecule has 2 rings (SSSR count). The number of phenolic OH excluding ortho intramolecular Hbond substituents is 1. The number of hydrogen-bond acceptors (Lipinski definition) is 3. The molecule has 15 heavy (non-hydrogen) atoms. The predicted molar refractivity (Wildman–Crippen MR) is 57.9 cm³/mol. The van der Waals surface area contributed by atoms with Crippen molar-refractivity contribution < 1.29 is 9.90 Å². The summed E-state index contributed by atoms with van der Waals surface area (Å²) in [5.74, 6) is 0.571. The van der Waals surface area contributed by atoms with Crippen molar-refractivity contribution >= 4 is 5.78 Å². The van der Waals surface area contributed by atoms with E-state index in [0.29, 0.717) is 18.6 Å².